The molecule has 0 heterocycles. The SMILES string of the molecule is C=CC(=O)O.N/C=C\C(=O)O. The highest BCUT2D eigenvalue weighted by molar-refractivity contribution is 5.79. The maximum atomic E-state index is 9.43. The molecule has 4 N–H and O–H groups in total. The fourth-order valence-electron chi connectivity index (χ4n) is 0.0823. The van der Waals surface area contributed by atoms with Crippen LogP contribution >= 0.6 is 0 Å². The van der Waals surface area contributed by atoms with Crippen molar-refractivity contribution in [2.45, 2.75) is 0 Å². The Bertz CT molecular complexity index is 173. The molecule has 0 rings (SSSR count). The van der Waals surface area contributed by atoms with E-state index in [1.165, 1.54) is 0 Å². The lowest BCUT2D eigenvalue weighted by Gasteiger charge is -1.69. The van der Waals surface area contributed by atoms with Crippen molar-refractivity contribution >= 4 is 11.9 Å². The first kappa shape index (κ1) is 12.0. The zero-order valence-electron chi connectivity index (χ0n) is 5.73. The van der Waals surface area contributed by atoms with E-state index in [0.29, 0.717) is 0 Å². The summed E-state index contributed by atoms with van der Waals surface area (Å²) in [5.41, 5.74) is 4.67. The number of nitrogens with two attached hydrogens (primary N) is 1. The largest absolute Gasteiger partial charge is 0.478 e. The summed E-state index contributed by atoms with van der Waals surface area (Å²) in [4.78, 5) is 18.7. The van der Waals surface area contributed by atoms with E-state index in [1.807, 2.05) is 0 Å². The van der Waals surface area contributed by atoms with Gasteiger partial charge in [-0.1, -0.05) is 6.58 Å². The number of carboxylic acids is 2. The normalized spacial score (nSPS) is 8.00. The summed E-state index contributed by atoms with van der Waals surface area (Å²) in [6.45, 7) is 2.96. The summed E-state index contributed by atoms with van der Waals surface area (Å²) in [6, 6.07) is 0. The van der Waals surface area contributed by atoms with Crippen LogP contribution in [0.3, 0.4) is 0 Å². The van der Waals surface area contributed by atoms with Crippen LogP contribution in [-0.4, -0.2) is 22.2 Å². The van der Waals surface area contributed by atoms with Gasteiger partial charge in [0.2, 0.25) is 0 Å². The van der Waals surface area contributed by atoms with Gasteiger partial charge in [0.15, 0.2) is 0 Å². The average molecular weight is 159 g/mol. The van der Waals surface area contributed by atoms with Crippen molar-refractivity contribution in [3.05, 3.63) is 24.9 Å². The van der Waals surface area contributed by atoms with E-state index < -0.39 is 11.9 Å². The first-order valence-corrected chi connectivity index (χ1v) is 2.51. The minimum absolute atomic E-state index is 0.833. The molecule has 5 heteroatoms. The van der Waals surface area contributed by atoms with Gasteiger partial charge in [-0.25, -0.2) is 9.59 Å². The number of carboxylic acid groups (broad SMARTS) is 2. The smallest absolute Gasteiger partial charge is 0.329 e. The van der Waals surface area contributed by atoms with Gasteiger partial charge in [0.25, 0.3) is 0 Å². The van der Waals surface area contributed by atoms with Crippen molar-refractivity contribution in [1.29, 1.82) is 0 Å². The summed E-state index contributed by atoms with van der Waals surface area (Å²) in [5, 5.41) is 15.4. The lowest BCUT2D eigenvalue weighted by molar-refractivity contribution is -0.132. The Morgan fingerprint density at radius 3 is 1.64 bits per heavy atom. The van der Waals surface area contributed by atoms with Crippen molar-refractivity contribution in [1.82, 2.24) is 0 Å². The standard InChI is InChI=1S/C3H5NO2.C3H4O2/c4-2-1-3(5)6;1-2-3(4)5/h1-2H,4H2,(H,5,6);2H,1H2,(H,4,5)/b2-1-;. The molecule has 0 bridgehead atoms. The first-order chi connectivity index (χ1) is 5.04. The summed E-state index contributed by atoms with van der Waals surface area (Å²) in [7, 11) is 0. The first-order valence-electron chi connectivity index (χ1n) is 2.51. The predicted octanol–water partition coefficient (Wildman–Crippen LogP) is -0.200. The number of carbonyl (C=O) groups is 2. The van der Waals surface area contributed by atoms with E-state index in [2.05, 4.69) is 12.3 Å². The molecule has 0 saturated carbocycles. The third kappa shape index (κ3) is 30.7. The fraction of sp³-hybridized carbons (Fsp3) is 0. The van der Waals surface area contributed by atoms with Crippen LogP contribution in [0.4, 0.5) is 0 Å². The van der Waals surface area contributed by atoms with E-state index in [-0.39, 0.29) is 0 Å². The molecule has 0 aliphatic heterocycles. The monoisotopic (exact) mass is 159 g/mol. The lowest BCUT2D eigenvalue weighted by atomic mass is 10.6. The van der Waals surface area contributed by atoms with E-state index in [9.17, 15) is 9.59 Å². The lowest BCUT2D eigenvalue weighted by Crippen LogP contribution is -1.88. The number of hydrogen-bond donors (Lipinski definition) is 3. The summed E-state index contributed by atoms with van der Waals surface area (Å²) < 4.78 is 0. The minimum Gasteiger partial charge on any atom is -0.478 e. The zero-order valence-corrected chi connectivity index (χ0v) is 5.73. The average Bonchev–Trinajstić information content (AvgIpc) is 1.89. The molecule has 0 spiro atoms. The van der Waals surface area contributed by atoms with Crippen LogP contribution < -0.4 is 5.73 Å². The Balaban J connectivity index is 0. The Kier molecular flexibility index (Phi) is 8.93. The molecule has 0 radical (unpaired) electrons. The van der Waals surface area contributed by atoms with Gasteiger partial charge in [-0.05, 0) is 0 Å². The van der Waals surface area contributed by atoms with Gasteiger partial charge in [-0.3, -0.25) is 0 Å². The highest BCUT2D eigenvalue weighted by Crippen LogP contribution is 1.59. The maximum Gasteiger partial charge on any atom is 0.329 e. The predicted molar refractivity (Wildman–Crippen MR) is 38.8 cm³/mol. The molecular formula is C6H9NO4. The molecule has 0 aromatic rings. The zero-order chi connectivity index (χ0) is 9.28. The molecule has 0 unspecified atom stereocenters. The molecule has 0 atom stereocenters. The van der Waals surface area contributed by atoms with Gasteiger partial charge in [0.1, 0.15) is 0 Å². The molecule has 0 aliphatic carbocycles. The summed E-state index contributed by atoms with van der Waals surface area (Å²) in [5.74, 6) is -2.00. The van der Waals surface area contributed by atoms with Crippen molar-refractivity contribution in [3.63, 3.8) is 0 Å². The topological polar surface area (TPSA) is 101 Å². The van der Waals surface area contributed by atoms with Crippen LogP contribution in [0.1, 0.15) is 0 Å². The Morgan fingerprint density at radius 2 is 1.64 bits per heavy atom. The van der Waals surface area contributed by atoms with Gasteiger partial charge in [0.05, 0.1) is 0 Å². The van der Waals surface area contributed by atoms with Gasteiger partial charge in [-0.15, -0.1) is 0 Å². The van der Waals surface area contributed by atoms with Gasteiger partial charge in [0, 0.05) is 18.4 Å². The molecule has 11 heavy (non-hydrogen) atoms. The van der Waals surface area contributed by atoms with Gasteiger partial charge < -0.3 is 15.9 Å². The second kappa shape index (κ2) is 8.22. The Morgan fingerprint density at radius 1 is 1.27 bits per heavy atom. The number of aliphatic carboxylic acids is 2. The van der Waals surface area contributed by atoms with Crippen LogP contribution in [0.15, 0.2) is 24.9 Å². The molecule has 0 aromatic heterocycles. The maximum absolute atomic E-state index is 9.43. The molecule has 5 nitrogen and oxygen atoms in total. The molecular weight excluding hydrogens is 150 g/mol. The molecule has 0 fully saturated rings. The van der Waals surface area contributed by atoms with E-state index in [0.717, 1.165) is 18.4 Å². The Labute approximate surface area is 63.4 Å². The van der Waals surface area contributed by atoms with Crippen molar-refractivity contribution in [2.24, 2.45) is 5.73 Å². The molecule has 0 amide bonds. The van der Waals surface area contributed by atoms with Crippen LogP contribution in [0.5, 0.6) is 0 Å². The Hall–Kier alpha value is -1.78. The summed E-state index contributed by atoms with van der Waals surface area (Å²) in [6.07, 6.45) is 2.67. The van der Waals surface area contributed by atoms with E-state index in [1.54, 1.807) is 0 Å². The van der Waals surface area contributed by atoms with Crippen molar-refractivity contribution in [2.75, 3.05) is 0 Å². The second-order valence-electron chi connectivity index (χ2n) is 1.24. The van der Waals surface area contributed by atoms with Crippen molar-refractivity contribution in [3.8, 4) is 0 Å². The van der Waals surface area contributed by atoms with Crippen LogP contribution in [0, 0.1) is 0 Å². The third-order valence-corrected chi connectivity index (χ3v) is 0.413. The van der Waals surface area contributed by atoms with Crippen LogP contribution in [-0.2, 0) is 9.59 Å². The van der Waals surface area contributed by atoms with E-state index in [4.69, 9.17) is 10.2 Å². The molecule has 0 saturated heterocycles. The molecule has 0 aromatic carbocycles. The molecule has 0 aliphatic rings. The highest BCUT2D eigenvalue weighted by atomic mass is 16.4. The number of hydrogen-bond acceptors (Lipinski definition) is 3. The van der Waals surface area contributed by atoms with Crippen LogP contribution in [0.2, 0.25) is 0 Å². The fourth-order valence-corrected chi connectivity index (χ4v) is 0.0823. The minimum atomic E-state index is -1.02. The highest BCUT2D eigenvalue weighted by Gasteiger charge is 1.77. The molecule has 62 valence electrons. The van der Waals surface area contributed by atoms with Crippen molar-refractivity contribution < 1.29 is 19.8 Å². The van der Waals surface area contributed by atoms with Gasteiger partial charge in [-0.2, -0.15) is 0 Å². The quantitative estimate of drug-likeness (QED) is 0.484. The van der Waals surface area contributed by atoms with Gasteiger partial charge >= 0.3 is 11.9 Å². The van der Waals surface area contributed by atoms with E-state index >= 15 is 0 Å². The summed E-state index contributed by atoms with van der Waals surface area (Å²) >= 11 is 0. The second-order valence-corrected chi connectivity index (χ2v) is 1.24. The number of rotatable bonds is 2. The van der Waals surface area contributed by atoms with Crippen LogP contribution in [0.25, 0.3) is 0 Å². The third-order valence-electron chi connectivity index (χ3n) is 0.413.